The first-order valence-electron chi connectivity index (χ1n) is 6.31. The van der Waals surface area contributed by atoms with Gasteiger partial charge >= 0.3 is 0 Å². The van der Waals surface area contributed by atoms with E-state index in [9.17, 15) is 14.0 Å². The van der Waals surface area contributed by atoms with Gasteiger partial charge in [-0.15, -0.1) is 0 Å². The standard InChI is InChI=1S/C14H16F2N2O/c1-10-9-18(6-3-7-19-10)13-5-2-4-11(14(15)16)12(13)8-17/h2,4-5,10,14H,3,6-7,9H2,1H3. The van der Waals surface area contributed by atoms with Gasteiger partial charge in [0.15, 0.2) is 0 Å². The summed E-state index contributed by atoms with van der Waals surface area (Å²) >= 11 is 0. The van der Waals surface area contributed by atoms with Crippen LogP contribution in [0.25, 0.3) is 0 Å². The average molecular weight is 266 g/mol. The molecule has 0 N–H and O–H groups in total. The number of hydrogen-bond acceptors (Lipinski definition) is 3. The van der Waals surface area contributed by atoms with Gasteiger partial charge < -0.3 is 9.64 Å². The molecule has 0 saturated carbocycles. The summed E-state index contributed by atoms with van der Waals surface area (Å²) in [4.78, 5) is 1.96. The van der Waals surface area contributed by atoms with Gasteiger partial charge in [0.1, 0.15) is 6.07 Å². The highest BCUT2D eigenvalue weighted by molar-refractivity contribution is 5.63. The minimum atomic E-state index is -2.63. The molecule has 0 amide bonds. The molecule has 0 spiro atoms. The highest BCUT2D eigenvalue weighted by Gasteiger charge is 2.22. The van der Waals surface area contributed by atoms with Gasteiger partial charge in [0.05, 0.1) is 17.4 Å². The molecule has 1 aliphatic rings. The minimum absolute atomic E-state index is 0.0317. The van der Waals surface area contributed by atoms with Gasteiger partial charge in [0, 0.05) is 25.3 Å². The molecular formula is C14H16F2N2O. The Hall–Kier alpha value is -1.67. The summed E-state index contributed by atoms with van der Waals surface area (Å²) in [5.74, 6) is 0. The number of anilines is 1. The molecule has 0 aliphatic carbocycles. The molecule has 0 aromatic heterocycles. The third-order valence-corrected chi connectivity index (χ3v) is 3.21. The van der Waals surface area contributed by atoms with Gasteiger partial charge in [0.25, 0.3) is 6.43 Å². The summed E-state index contributed by atoms with van der Waals surface area (Å²) in [6, 6.07) is 6.53. The summed E-state index contributed by atoms with van der Waals surface area (Å²) in [6.07, 6.45) is -1.77. The second-order valence-corrected chi connectivity index (χ2v) is 4.63. The molecule has 102 valence electrons. The van der Waals surface area contributed by atoms with Gasteiger partial charge in [0.2, 0.25) is 0 Å². The zero-order chi connectivity index (χ0) is 13.8. The highest BCUT2D eigenvalue weighted by atomic mass is 19.3. The number of benzene rings is 1. The number of hydrogen-bond donors (Lipinski definition) is 0. The van der Waals surface area contributed by atoms with E-state index >= 15 is 0 Å². The molecule has 19 heavy (non-hydrogen) atoms. The van der Waals surface area contributed by atoms with Crippen molar-refractivity contribution in [2.24, 2.45) is 0 Å². The summed E-state index contributed by atoms with van der Waals surface area (Å²) < 4.78 is 31.4. The van der Waals surface area contributed by atoms with Crippen LogP contribution in [0.3, 0.4) is 0 Å². The zero-order valence-corrected chi connectivity index (χ0v) is 10.8. The number of halogens is 2. The zero-order valence-electron chi connectivity index (χ0n) is 10.8. The van der Waals surface area contributed by atoms with Crippen LogP contribution in [0.5, 0.6) is 0 Å². The molecule has 1 heterocycles. The highest BCUT2D eigenvalue weighted by Crippen LogP contribution is 2.30. The summed E-state index contributed by atoms with van der Waals surface area (Å²) in [5, 5.41) is 9.17. The second kappa shape index (κ2) is 5.98. The maximum Gasteiger partial charge on any atom is 0.265 e. The predicted octanol–water partition coefficient (Wildman–Crippen LogP) is 3.11. The van der Waals surface area contributed by atoms with Crippen LogP contribution >= 0.6 is 0 Å². The number of rotatable bonds is 2. The van der Waals surface area contributed by atoms with Crippen LogP contribution in [0.15, 0.2) is 18.2 Å². The molecular weight excluding hydrogens is 250 g/mol. The Bertz CT molecular complexity index is 485. The Labute approximate surface area is 111 Å². The number of nitriles is 1. The van der Waals surface area contributed by atoms with Crippen LogP contribution in [-0.4, -0.2) is 25.8 Å². The molecule has 1 fully saturated rings. The van der Waals surface area contributed by atoms with Crippen molar-refractivity contribution in [3.63, 3.8) is 0 Å². The van der Waals surface area contributed by atoms with Crippen LogP contribution in [0.1, 0.15) is 30.9 Å². The van der Waals surface area contributed by atoms with Gasteiger partial charge in [-0.2, -0.15) is 5.26 Å². The minimum Gasteiger partial charge on any atom is -0.377 e. The molecule has 1 aromatic rings. The topological polar surface area (TPSA) is 36.3 Å². The van der Waals surface area contributed by atoms with E-state index in [1.54, 1.807) is 12.1 Å². The van der Waals surface area contributed by atoms with Gasteiger partial charge in [-0.1, -0.05) is 12.1 Å². The van der Waals surface area contributed by atoms with Crippen molar-refractivity contribution >= 4 is 5.69 Å². The van der Waals surface area contributed by atoms with Crippen LogP contribution in [0.4, 0.5) is 14.5 Å². The van der Waals surface area contributed by atoms with Crippen LogP contribution in [0, 0.1) is 11.3 Å². The smallest absolute Gasteiger partial charge is 0.265 e. The second-order valence-electron chi connectivity index (χ2n) is 4.63. The van der Waals surface area contributed by atoms with Gasteiger partial charge in [-0.25, -0.2) is 8.78 Å². The first-order valence-corrected chi connectivity index (χ1v) is 6.31. The molecule has 1 aliphatic heterocycles. The van der Waals surface area contributed by atoms with E-state index in [0.29, 0.717) is 25.4 Å². The molecule has 1 saturated heterocycles. The monoisotopic (exact) mass is 266 g/mol. The van der Waals surface area contributed by atoms with Crippen molar-refractivity contribution in [2.75, 3.05) is 24.6 Å². The Morgan fingerprint density at radius 1 is 1.47 bits per heavy atom. The first-order chi connectivity index (χ1) is 9.13. The largest absolute Gasteiger partial charge is 0.377 e. The Kier molecular flexibility index (Phi) is 4.33. The number of ether oxygens (including phenoxy) is 1. The van der Waals surface area contributed by atoms with Crippen molar-refractivity contribution in [3.8, 4) is 6.07 Å². The summed E-state index contributed by atoms with van der Waals surface area (Å²) in [6.45, 7) is 3.93. The van der Waals surface area contributed by atoms with Crippen molar-refractivity contribution in [3.05, 3.63) is 29.3 Å². The average Bonchev–Trinajstić information content (AvgIpc) is 2.62. The lowest BCUT2D eigenvalue weighted by molar-refractivity contribution is 0.0821. The maximum absolute atomic E-state index is 12.9. The molecule has 1 atom stereocenters. The third kappa shape index (κ3) is 3.02. The fourth-order valence-corrected chi connectivity index (χ4v) is 2.34. The molecule has 0 bridgehead atoms. The number of alkyl halides is 2. The molecule has 3 nitrogen and oxygen atoms in total. The van der Waals surface area contributed by atoms with E-state index in [-0.39, 0.29) is 17.2 Å². The van der Waals surface area contributed by atoms with Crippen molar-refractivity contribution in [1.82, 2.24) is 0 Å². The van der Waals surface area contributed by atoms with Crippen molar-refractivity contribution in [1.29, 1.82) is 5.26 Å². The molecule has 5 heteroatoms. The fraction of sp³-hybridized carbons (Fsp3) is 0.500. The maximum atomic E-state index is 12.9. The predicted molar refractivity (Wildman–Crippen MR) is 68.4 cm³/mol. The summed E-state index contributed by atoms with van der Waals surface area (Å²) in [5.41, 5.74) is 0.460. The lowest BCUT2D eigenvalue weighted by Gasteiger charge is -2.26. The van der Waals surface area contributed by atoms with Crippen molar-refractivity contribution in [2.45, 2.75) is 25.9 Å². The van der Waals surface area contributed by atoms with Crippen LogP contribution in [-0.2, 0) is 4.74 Å². The van der Waals surface area contributed by atoms with Crippen LogP contribution in [0.2, 0.25) is 0 Å². The van der Waals surface area contributed by atoms with E-state index in [4.69, 9.17) is 4.74 Å². The first kappa shape index (κ1) is 13.8. The van der Waals surface area contributed by atoms with Crippen molar-refractivity contribution < 1.29 is 13.5 Å². The Balaban J connectivity index is 2.38. The van der Waals surface area contributed by atoms with Gasteiger partial charge in [-0.3, -0.25) is 0 Å². The molecule has 0 radical (unpaired) electrons. The van der Waals surface area contributed by atoms with E-state index in [1.165, 1.54) is 6.07 Å². The normalized spacial score (nSPS) is 20.2. The fourth-order valence-electron chi connectivity index (χ4n) is 2.34. The van der Waals surface area contributed by atoms with E-state index < -0.39 is 6.43 Å². The molecule has 2 rings (SSSR count). The lowest BCUT2D eigenvalue weighted by atomic mass is 10.1. The summed E-state index contributed by atoms with van der Waals surface area (Å²) in [7, 11) is 0. The Morgan fingerprint density at radius 3 is 2.95 bits per heavy atom. The van der Waals surface area contributed by atoms with E-state index in [1.807, 2.05) is 17.9 Å². The SMILES string of the molecule is CC1CN(c2cccc(C(F)F)c2C#N)CCCO1. The number of nitrogens with zero attached hydrogens (tertiary/aromatic N) is 2. The van der Waals surface area contributed by atoms with Crippen LogP contribution < -0.4 is 4.90 Å². The Morgan fingerprint density at radius 2 is 2.26 bits per heavy atom. The quantitative estimate of drug-likeness (QED) is 0.825. The third-order valence-electron chi connectivity index (χ3n) is 3.21. The van der Waals surface area contributed by atoms with Gasteiger partial charge in [-0.05, 0) is 19.4 Å². The molecule has 1 unspecified atom stereocenters. The lowest BCUT2D eigenvalue weighted by Crippen LogP contribution is -2.30. The van der Waals surface area contributed by atoms with E-state index in [0.717, 1.165) is 6.42 Å². The van der Waals surface area contributed by atoms with E-state index in [2.05, 4.69) is 0 Å². The molecule has 1 aromatic carbocycles.